The number of hydrogen-bond donors (Lipinski definition) is 10. The first-order valence-corrected chi connectivity index (χ1v) is 15.7. The number of rotatable bonds is 13. The number of anilines is 1. The number of nitrogens with zero attached hydrogens (tertiary/aromatic N) is 4. The topological polar surface area (TPSA) is 403 Å². The van der Waals surface area contributed by atoms with Crippen molar-refractivity contribution < 1.29 is 194 Å². The third kappa shape index (κ3) is 13.9. The van der Waals surface area contributed by atoms with Gasteiger partial charge in [-0.2, -0.15) is 0 Å². The number of nitrogen functional groups attached to an aromatic ring is 1. The Bertz CT molecular complexity index is 1390. The Morgan fingerprint density at radius 2 is 1.60 bits per heavy atom. The Kier molecular flexibility index (Phi) is 20.3. The molecule has 0 aliphatic carbocycles. The van der Waals surface area contributed by atoms with Crippen molar-refractivity contribution in [1.29, 1.82) is 0 Å². The number of fused-ring (bicyclic) bond motifs is 1. The van der Waals surface area contributed by atoms with Gasteiger partial charge in [0.2, 0.25) is 0 Å². The number of imidazole rings is 1. The van der Waals surface area contributed by atoms with E-state index in [1.165, 1.54) is 10.9 Å². The quantitative estimate of drug-likeness (QED) is 0.0514. The number of phosphoric ester groups is 1. The number of hydrogen-bond acceptors (Lipinski definition) is 21. The average Bonchev–Trinajstić information content (AvgIpc) is 3.45. The molecule has 0 saturated carbocycles. The fourth-order valence-electron chi connectivity index (χ4n) is 3.23. The Morgan fingerprint density at radius 1 is 1.00 bits per heavy atom. The van der Waals surface area contributed by atoms with Crippen LogP contribution in [0, 0.1) is 0 Å². The first-order valence-electron chi connectivity index (χ1n) is 11.2. The van der Waals surface area contributed by atoms with Gasteiger partial charge in [-0.3, -0.25) is 13.7 Å². The van der Waals surface area contributed by atoms with E-state index in [4.69, 9.17) is 45.8 Å². The Hall–Kier alpha value is 1.38. The molecule has 1 fully saturated rings. The van der Waals surface area contributed by atoms with Crippen molar-refractivity contribution in [3.63, 3.8) is 0 Å². The second-order valence-corrected chi connectivity index (χ2v) is 12.7. The fraction of sp³-hybridized carbons (Fsp3) is 0.625. The zero-order valence-electron chi connectivity index (χ0n) is 23.1. The van der Waals surface area contributed by atoms with Gasteiger partial charge in [0.25, 0.3) is 15.6 Å². The number of aliphatic hydroxyl groups excluding tert-OH is 7. The van der Waals surface area contributed by atoms with Crippen LogP contribution in [0.5, 0.6) is 0 Å². The minimum absolute atomic E-state index is 0. The van der Waals surface area contributed by atoms with Gasteiger partial charge < -0.3 is 75.1 Å². The summed E-state index contributed by atoms with van der Waals surface area (Å²) >= 11 is 0. The molecule has 45 heavy (non-hydrogen) atoms. The number of carbonyl (C=O) groups is 1. The largest absolute Gasteiger partial charge is 1.00 e. The molecule has 1 saturated heterocycles. The summed E-state index contributed by atoms with van der Waals surface area (Å²) in [6.45, 7) is -1.81. The van der Waals surface area contributed by atoms with E-state index in [9.17, 15) is 38.5 Å². The van der Waals surface area contributed by atoms with E-state index in [0.717, 1.165) is 6.33 Å². The summed E-state index contributed by atoms with van der Waals surface area (Å²) in [6.07, 6.45) is -10.7. The number of aromatic nitrogens is 4. The van der Waals surface area contributed by atoms with Gasteiger partial charge in [0.05, 0.1) is 19.5 Å². The molecule has 0 aromatic carbocycles. The van der Waals surface area contributed by atoms with Gasteiger partial charge in [0, 0.05) is 0 Å². The van der Waals surface area contributed by atoms with Crippen LogP contribution in [0.15, 0.2) is 12.7 Å². The molecule has 11 N–H and O–H groups in total. The van der Waals surface area contributed by atoms with Crippen molar-refractivity contribution in [2.24, 2.45) is 0 Å². The van der Waals surface area contributed by atoms with Gasteiger partial charge in [-0.1, -0.05) is 0 Å². The van der Waals surface area contributed by atoms with Crippen LogP contribution in [0.2, 0.25) is 0 Å². The van der Waals surface area contributed by atoms with Crippen LogP contribution in [0.4, 0.5) is 5.82 Å². The number of aliphatic hydroxyl groups is 7. The summed E-state index contributed by atoms with van der Waals surface area (Å²) in [5, 5.41) is 63.9. The van der Waals surface area contributed by atoms with Crippen molar-refractivity contribution in [2.45, 2.75) is 49.0 Å². The summed E-state index contributed by atoms with van der Waals surface area (Å²) in [5.41, 5.74) is 5.95. The van der Waals surface area contributed by atoms with Gasteiger partial charge in [-0.05, 0) is 0 Å². The van der Waals surface area contributed by atoms with Crippen LogP contribution < -0.4 is 118 Å². The summed E-state index contributed by atoms with van der Waals surface area (Å²) in [6, 6.07) is 0. The maximum atomic E-state index is 11.6. The third-order valence-corrected chi connectivity index (χ3v) is 8.94. The SMILES string of the molecule is Nc1ncnc2c1ncn2[C@@H]1O[C@H](COP(=O)([O-])OP(=O)([O-])OP(=O)(O)O)[C@@H](O)[C@H]1O.O=CC(O)C(O)C(O)C(O)CO.[K+].[K+]. The monoisotopic (exact) mass is 763 g/mol. The summed E-state index contributed by atoms with van der Waals surface area (Å²) in [7, 11) is -17.4. The van der Waals surface area contributed by atoms with Crippen LogP contribution in [0.1, 0.15) is 6.23 Å². The number of phosphoric acid groups is 3. The molecule has 0 radical (unpaired) electrons. The second kappa shape index (κ2) is 19.7. The van der Waals surface area contributed by atoms with Crippen LogP contribution in [-0.2, 0) is 36.4 Å². The van der Waals surface area contributed by atoms with Crippen LogP contribution >= 0.6 is 23.5 Å². The molecule has 3 rings (SSSR count). The molecule has 24 nitrogen and oxygen atoms in total. The van der Waals surface area contributed by atoms with Crippen molar-refractivity contribution in [3.8, 4) is 0 Å². The van der Waals surface area contributed by atoms with E-state index < -0.39 is 85.6 Å². The molecule has 2 aromatic rings. The number of nitrogens with two attached hydrogens (primary N) is 1. The smallest absolute Gasteiger partial charge is 0.756 e. The standard InChI is InChI=1S/C10H16N5O13P3.C6H12O6.2K/c11-8-5-9(13-2-12-8)15(3-14-5)10-7(17)6(16)4(26-10)1-25-30(21,22)28-31(23,24)27-29(18,19)20;7-1-3(9)5(11)6(12)4(10)2-8;;/h2-4,6-7,10,16-17H,1H2,(H,21,22)(H,23,24)(H2,11,12,13)(H2,18,19,20);1,3-6,8-12H,2H2;;/q;;2*+1/p-2/t4-,6-,7-,10-;;;/m1.../s1. The molecule has 0 amide bonds. The van der Waals surface area contributed by atoms with E-state index in [2.05, 4.69) is 28.1 Å². The van der Waals surface area contributed by atoms with E-state index in [1.54, 1.807) is 0 Å². The molecule has 29 heteroatoms. The van der Waals surface area contributed by atoms with Gasteiger partial charge in [-0.25, -0.2) is 28.1 Å². The maximum Gasteiger partial charge on any atom is 1.00 e. The Balaban J connectivity index is 0.00000118. The molecule has 0 bridgehead atoms. The van der Waals surface area contributed by atoms with Crippen LogP contribution in [0.25, 0.3) is 11.2 Å². The van der Waals surface area contributed by atoms with Crippen molar-refractivity contribution in [2.75, 3.05) is 18.9 Å². The molecule has 10 atom stereocenters. The Morgan fingerprint density at radius 3 is 2.13 bits per heavy atom. The van der Waals surface area contributed by atoms with E-state index in [1.807, 2.05) is 0 Å². The normalized spacial score (nSPS) is 25.2. The molecule has 3 heterocycles. The van der Waals surface area contributed by atoms with E-state index >= 15 is 0 Å². The Labute approximate surface area is 336 Å². The predicted molar refractivity (Wildman–Crippen MR) is 128 cm³/mol. The average molecular weight is 764 g/mol. The number of aldehydes is 1. The first kappa shape index (κ1) is 46.4. The molecular formula is C16H26K2N5O19P3. The fourth-order valence-corrected chi connectivity index (χ4v) is 6.15. The van der Waals surface area contributed by atoms with Gasteiger partial charge in [-0.15, -0.1) is 0 Å². The molecule has 1 aliphatic heterocycles. The second-order valence-electron chi connectivity index (χ2n) is 8.33. The van der Waals surface area contributed by atoms with Crippen molar-refractivity contribution >= 4 is 46.7 Å². The minimum atomic E-state index is -6.01. The van der Waals surface area contributed by atoms with Crippen molar-refractivity contribution in [3.05, 3.63) is 12.7 Å². The summed E-state index contributed by atoms with van der Waals surface area (Å²) in [4.78, 5) is 61.2. The summed E-state index contributed by atoms with van der Waals surface area (Å²) < 4.78 is 50.9. The molecule has 246 valence electrons. The number of ether oxygens (including phenoxy) is 1. The zero-order valence-corrected chi connectivity index (χ0v) is 32.0. The summed E-state index contributed by atoms with van der Waals surface area (Å²) in [5.74, 6) is 0.0284. The van der Waals surface area contributed by atoms with Gasteiger partial charge >= 0.3 is 111 Å². The first-order chi connectivity index (χ1) is 19.7. The number of carbonyl (C=O) groups excluding carboxylic acids is 1. The van der Waals surface area contributed by atoms with Crippen molar-refractivity contribution in [1.82, 2.24) is 19.5 Å². The van der Waals surface area contributed by atoms with E-state index in [0.29, 0.717) is 0 Å². The minimum Gasteiger partial charge on any atom is -0.756 e. The molecular weight excluding hydrogens is 737 g/mol. The van der Waals surface area contributed by atoms with Gasteiger partial charge in [0.1, 0.15) is 54.6 Å². The van der Waals surface area contributed by atoms with Gasteiger partial charge in [0.15, 0.2) is 24.0 Å². The zero-order chi connectivity index (χ0) is 32.9. The third-order valence-electron chi connectivity index (χ3n) is 5.22. The predicted octanol–water partition coefficient (Wildman–Crippen LogP) is -12.3. The van der Waals surface area contributed by atoms with Crippen LogP contribution in [0.3, 0.4) is 0 Å². The molecule has 2 aromatic heterocycles. The van der Waals surface area contributed by atoms with E-state index in [-0.39, 0.29) is 126 Å². The van der Waals surface area contributed by atoms with Crippen LogP contribution in [-0.4, -0.2) is 127 Å². The molecule has 1 aliphatic rings. The molecule has 0 spiro atoms. The maximum absolute atomic E-state index is 11.6. The molecule has 6 unspecified atom stereocenters.